The zero-order valence-corrected chi connectivity index (χ0v) is 14.4. The van der Waals surface area contributed by atoms with Gasteiger partial charge in [-0.25, -0.2) is 8.42 Å². The normalized spacial score (nSPS) is 11.5. The molecule has 1 aromatic heterocycles. The highest BCUT2D eigenvalue weighted by atomic mass is 32.2. The molecule has 7 heteroatoms. The number of rotatable bonds is 4. The molecule has 1 N–H and O–H groups in total. The van der Waals surface area contributed by atoms with Crippen LogP contribution in [-0.4, -0.2) is 18.6 Å². The number of anilines is 1. The Morgan fingerprint density at radius 2 is 1.71 bits per heavy atom. The van der Waals surface area contributed by atoms with E-state index < -0.39 is 10.0 Å². The van der Waals surface area contributed by atoms with E-state index in [-0.39, 0.29) is 4.90 Å². The molecule has 0 saturated heterocycles. The number of aromatic nitrogens is 2. The monoisotopic (exact) mass is 343 g/mol. The minimum atomic E-state index is -3.72. The molecule has 0 atom stereocenters. The van der Waals surface area contributed by atoms with Crippen LogP contribution in [0.4, 0.5) is 5.69 Å². The van der Waals surface area contributed by atoms with Gasteiger partial charge in [-0.2, -0.15) is 4.98 Å². The van der Waals surface area contributed by atoms with Gasteiger partial charge in [0.2, 0.25) is 11.7 Å². The van der Waals surface area contributed by atoms with Crippen LogP contribution in [0.5, 0.6) is 0 Å². The number of sulfonamides is 1. The number of benzene rings is 2. The van der Waals surface area contributed by atoms with Crippen molar-refractivity contribution in [3.63, 3.8) is 0 Å². The molecule has 0 fully saturated rings. The Morgan fingerprint density at radius 3 is 2.33 bits per heavy atom. The van der Waals surface area contributed by atoms with Crippen LogP contribution in [-0.2, 0) is 10.0 Å². The summed E-state index contributed by atoms with van der Waals surface area (Å²) in [6, 6.07) is 12.2. The number of hydrogen-bond donors (Lipinski definition) is 1. The highest BCUT2D eigenvalue weighted by Crippen LogP contribution is 2.25. The third kappa shape index (κ3) is 3.30. The first-order valence-corrected chi connectivity index (χ1v) is 8.84. The van der Waals surface area contributed by atoms with E-state index in [4.69, 9.17) is 4.52 Å². The van der Waals surface area contributed by atoms with Gasteiger partial charge in [-0.1, -0.05) is 35.0 Å². The molecular weight excluding hydrogens is 326 g/mol. The second-order valence-electron chi connectivity index (χ2n) is 5.59. The fourth-order valence-corrected chi connectivity index (χ4v) is 3.61. The highest BCUT2D eigenvalue weighted by molar-refractivity contribution is 7.92. The second-order valence-corrected chi connectivity index (χ2v) is 7.24. The van der Waals surface area contributed by atoms with Gasteiger partial charge < -0.3 is 4.52 Å². The molecule has 1 heterocycles. The van der Waals surface area contributed by atoms with Crippen molar-refractivity contribution in [1.82, 2.24) is 10.1 Å². The van der Waals surface area contributed by atoms with E-state index in [0.717, 1.165) is 5.56 Å². The van der Waals surface area contributed by atoms with Gasteiger partial charge in [0.1, 0.15) is 0 Å². The molecule has 0 aliphatic rings. The van der Waals surface area contributed by atoms with Crippen molar-refractivity contribution in [2.45, 2.75) is 25.7 Å². The predicted molar refractivity (Wildman–Crippen MR) is 91.2 cm³/mol. The molecule has 0 unspecified atom stereocenters. The van der Waals surface area contributed by atoms with Crippen molar-refractivity contribution < 1.29 is 12.9 Å². The quantitative estimate of drug-likeness (QED) is 0.784. The zero-order valence-electron chi connectivity index (χ0n) is 13.6. The topological polar surface area (TPSA) is 85.1 Å². The summed E-state index contributed by atoms with van der Waals surface area (Å²) < 4.78 is 33.0. The summed E-state index contributed by atoms with van der Waals surface area (Å²) in [5.74, 6) is 0.784. The second kappa shape index (κ2) is 6.09. The number of aryl methyl sites for hydroxylation is 3. The van der Waals surface area contributed by atoms with Gasteiger partial charge in [-0.05, 0) is 37.6 Å². The Kier molecular flexibility index (Phi) is 4.11. The van der Waals surface area contributed by atoms with Crippen LogP contribution in [0.2, 0.25) is 0 Å². The molecule has 0 radical (unpaired) electrons. The van der Waals surface area contributed by atoms with Gasteiger partial charge in [0.15, 0.2) is 0 Å². The van der Waals surface area contributed by atoms with Gasteiger partial charge in [-0.15, -0.1) is 0 Å². The van der Waals surface area contributed by atoms with E-state index in [0.29, 0.717) is 28.5 Å². The lowest BCUT2D eigenvalue weighted by atomic mass is 10.1. The molecule has 0 aliphatic carbocycles. The van der Waals surface area contributed by atoms with Crippen LogP contribution >= 0.6 is 0 Å². The number of nitrogens with one attached hydrogen (secondary N) is 1. The summed E-state index contributed by atoms with van der Waals surface area (Å²) in [6.07, 6.45) is 0. The maximum atomic E-state index is 12.7. The summed E-state index contributed by atoms with van der Waals surface area (Å²) in [7, 11) is -3.72. The molecule has 3 rings (SSSR count). The summed E-state index contributed by atoms with van der Waals surface area (Å²) >= 11 is 0. The Morgan fingerprint density at radius 1 is 1.00 bits per heavy atom. The van der Waals surface area contributed by atoms with Crippen LogP contribution in [0.15, 0.2) is 51.9 Å². The average molecular weight is 343 g/mol. The van der Waals surface area contributed by atoms with E-state index in [1.165, 1.54) is 0 Å². The fraction of sp³-hybridized carbons (Fsp3) is 0.176. The Hall–Kier alpha value is -2.67. The van der Waals surface area contributed by atoms with E-state index in [1.54, 1.807) is 44.2 Å². The van der Waals surface area contributed by atoms with E-state index >= 15 is 0 Å². The van der Waals surface area contributed by atoms with E-state index in [9.17, 15) is 8.42 Å². The smallest absolute Gasteiger partial charge is 0.262 e. The van der Waals surface area contributed by atoms with Crippen molar-refractivity contribution in [3.05, 3.63) is 59.5 Å². The molecule has 2 aromatic carbocycles. The summed E-state index contributed by atoms with van der Waals surface area (Å²) in [5.41, 5.74) is 2.80. The fourth-order valence-electron chi connectivity index (χ4n) is 2.28. The molecule has 0 spiro atoms. The largest absolute Gasteiger partial charge is 0.339 e. The van der Waals surface area contributed by atoms with Crippen LogP contribution in [0, 0.1) is 20.8 Å². The van der Waals surface area contributed by atoms with Crippen LogP contribution in [0.25, 0.3) is 11.4 Å². The third-order valence-corrected chi connectivity index (χ3v) is 5.09. The van der Waals surface area contributed by atoms with Gasteiger partial charge in [0.05, 0.1) is 4.90 Å². The molecule has 3 aromatic rings. The van der Waals surface area contributed by atoms with Crippen molar-refractivity contribution in [2.24, 2.45) is 0 Å². The van der Waals surface area contributed by atoms with Crippen molar-refractivity contribution in [2.75, 3.05) is 4.72 Å². The standard InChI is InChI=1S/C17H17N3O3S/c1-11-4-8-15(9-5-11)20-24(21,22)16-10-14(7-6-12(16)2)17-18-13(3)23-19-17/h4-10,20H,1-3H3. The summed E-state index contributed by atoms with van der Waals surface area (Å²) in [5, 5.41) is 3.83. The minimum Gasteiger partial charge on any atom is -0.339 e. The SMILES string of the molecule is Cc1ccc(NS(=O)(=O)c2cc(-c3noc(C)n3)ccc2C)cc1. The first-order chi connectivity index (χ1) is 11.3. The lowest BCUT2D eigenvalue weighted by Crippen LogP contribution is -2.14. The first kappa shape index (κ1) is 16.2. The lowest BCUT2D eigenvalue weighted by Gasteiger charge is -2.11. The molecule has 124 valence electrons. The van der Waals surface area contributed by atoms with Gasteiger partial charge in [-0.3, -0.25) is 4.72 Å². The predicted octanol–water partition coefficient (Wildman–Crippen LogP) is 3.46. The van der Waals surface area contributed by atoms with Gasteiger partial charge in [0, 0.05) is 18.2 Å². The van der Waals surface area contributed by atoms with Crippen LogP contribution < -0.4 is 4.72 Å². The molecule has 24 heavy (non-hydrogen) atoms. The van der Waals surface area contributed by atoms with E-state index in [2.05, 4.69) is 14.9 Å². The molecule has 0 aliphatic heterocycles. The van der Waals surface area contributed by atoms with Gasteiger partial charge in [0.25, 0.3) is 10.0 Å². The third-order valence-electron chi connectivity index (χ3n) is 3.57. The zero-order chi connectivity index (χ0) is 17.3. The Labute approximate surface area is 140 Å². The van der Waals surface area contributed by atoms with Crippen LogP contribution in [0.3, 0.4) is 0 Å². The van der Waals surface area contributed by atoms with Crippen molar-refractivity contribution >= 4 is 15.7 Å². The van der Waals surface area contributed by atoms with E-state index in [1.807, 2.05) is 19.1 Å². The maximum absolute atomic E-state index is 12.7. The average Bonchev–Trinajstić information content (AvgIpc) is 2.96. The Balaban J connectivity index is 1.99. The van der Waals surface area contributed by atoms with Gasteiger partial charge >= 0.3 is 0 Å². The number of hydrogen-bond acceptors (Lipinski definition) is 5. The highest BCUT2D eigenvalue weighted by Gasteiger charge is 2.19. The lowest BCUT2D eigenvalue weighted by molar-refractivity contribution is 0.394. The molecular formula is C17H17N3O3S. The van der Waals surface area contributed by atoms with Crippen molar-refractivity contribution in [1.29, 1.82) is 0 Å². The van der Waals surface area contributed by atoms with Crippen LogP contribution in [0.1, 0.15) is 17.0 Å². The first-order valence-electron chi connectivity index (χ1n) is 7.36. The number of nitrogens with zero attached hydrogens (tertiary/aromatic N) is 2. The molecule has 0 bridgehead atoms. The molecule has 0 amide bonds. The Bertz CT molecular complexity index is 977. The summed E-state index contributed by atoms with van der Waals surface area (Å²) in [4.78, 5) is 4.32. The molecule has 6 nitrogen and oxygen atoms in total. The maximum Gasteiger partial charge on any atom is 0.262 e. The summed E-state index contributed by atoms with van der Waals surface area (Å²) in [6.45, 7) is 5.37. The minimum absolute atomic E-state index is 0.183. The molecule has 0 saturated carbocycles. The van der Waals surface area contributed by atoms with Crippen molar-refractivity contribution in [3.8, 4) is 11.4 Å².